The minimum Gasteiger partial charge on any atom is -0.496 e. The van der Waals surface area contributed by atoms with Gasteiger partial charge in [-0.3, -0.25) is 0 Å². The number of nitrogens with zero attached hydrogens (tertiary/aromatic N) is 1. The first-order chi connectivity index (χ1) is 14.7. The molecule has 30 heavy (non-hydrogen) atoms. The fraction of sp³-hybridized carbons (Fsp3) is 0.556. The standard InChI is InChI=1S/C27H38NOP/c1-28(2)24-18-12-19-25(29-3)27(24)23-17-10-11-20-26(23)30(21-13-6-4-7-14-21)22-15-8-5-9-16-22/h10-12,17-22H,4-9,13-16H2,1-3H3. The zero-order chi connectivity index (χ0) is 20.9. The minimum absolute atomic E-state index is 0.160. The van der Waals surface area contributed by atoms with Crippen LogP contribution >= 0.6 is 7.92 Å². The maximum absolute atomic E-state index is 5.90. The van der Waals surface area contributed by atoms with Crippen molar-refractivity contribution in [3.05, 3.63) is 42.5 Å². The van der Waals surface area contributed by atoms with Gasteiger partial charge in [0.25, 0.3) is 0 Å². The van der Waals surface area contributed by atoms with Crippen molar-refractivity contribution >= 4 is 18.9 Å². The molecule has 2 fully saturated rings. The van der Waals surface area contributed by atoms with Gasteiger partial charge in [-0.15, -0.1) is 0 Å². The van der Waals surface area contributed by atoms with Crippen molar-refractivity contribution in [1.29, 1.82) is 0 Å². The van der Waals surface area contributed by atoms with Crippen molar-refractivity contribution in [3.63, 3.8) is 0 Å². The summed E-state index contributed by atoms with van der Waals surface area (Å²) >= 11 is 0. The topological polar surface area (TPSA) is 12.5 Å². The Bertz CT molecular complexity index is 803. The van der Waals surface area contributed by atoms with Crippen LogP contribution in [0, 0.1) is 0 Å². The number of methoxy groups -OCH3 is 1. The van der Waals surface area contributed by atoms with E-state index in [2.05, 4.69) is 61.5 Å². The van der Waals surface area contributed by atoms with Gasteiger partial charge in [0, 0.05) is 25.3 Å². The third-order valence-electron chi connectivity index (χ3n) is 7.09. The van der Waals surface area contributed by atoms with Gasteiger partial charge in [-0.1, -0.05) is 76.8 Å². The molecule has 2 aliphatic rings. The normalized spacial score (nSPS) is 18.5. The Balaban J connectivity index is 1.85. The van der Waals surface area contributed by atoms with Crippen LogP contribution in [0.25, 0.3) is 11.1 Å². The quantitative estimate of drug-likeness (QED) is 0.456. The number of rotatable bonds is 6. The highest BCUT2D eigenvalue weighted by atomic mass is 31.1. The minimum atomic E-state index is -0.160. The van der Waals surface area contributed by atoms with Crippen LogP contribution in [0.4, 0.5) is 5.69 Å². The summed E-state index contributed by atoms with van der Waals surface area (Å²) in [7, 11) is 5.94. The monoisotopic (exact) mass is 423 g/mol. The summed E-state index contributed by atoms with van der Waals surface area (Å²) in [5.74, 6) is 0.996. The maximum atomic E-state index is 5.90. The number of ether oxygens (including phenoxy) is 1. The van der Waals surface area contributed by atoms with Gasteiger partial charge in [-0.25, -0.2) is 0 Å². The number of hydrogen-bond acceptors (Lipinski definition) is 2. The molecule has 2 saturated carbocycles. The molecule has 4 rings (SSSR count). The Morgan fingerprint density at radius 3 is 1.93 bits per heavy atom. The van der Waals surface area contributed by atoms with E-state index in [0.717, 1.165) is 17.1 Å². The smallest absolute Gasteiger partial charge is 0.128 e. The highest BCUT2D eigenvalue weighted by molar-refractivity contribution is 7.67. The summed E-state index contributed by atoms with van der Waals surface area (Å²) in [5.41, 5.74) is 5.75. The lowest BCUT2D eigenvalue weighted by molar-refractivity contribution is 0.416. The van der Waals surface area contributed by atoms with E-state index in [1.807, 2.05) is 7.11 Å². The van der Waals surface area contributed by atoms with Crippen LogP contribution in [0.15, 0.2) is 42.5 Å². The predicted molar refractivity (Wildman–Crippen MR) is 133 cm³/mol. The number of anilines is 1. The van der Waals surface area contributed by atoms with E-state index in [0.29, 0.717) is 0 Å². The van der Waals surface area contributed by atoms with Crippen LogP contribution in [0.3, 0.4) is 0 Å². The molecule has 2 nitrogen and oxygen atoms in total. The van der Waals surface area contributed by atoms with Crippen molar-refractivity contribution in [2.24, 2.45) is 0 Å². The van der Waals surface area contributed by atoms with Crippen LogP contribution in [-0.4, -0.2) is 32.5 Å². The van der Waals surface area contributed by atoms with E-state index in [1.54, 1.807) is 5.30 Å². The Labute approximate surface area is 184 Å². The van der Waals surface area contributed by atoms with Gasteiger partial charge < -0.3 is 9.64 Å². The Hall–Kier alpha value is -1.53. The summed E-state index contributed by atoms with van der Waals surface area (Å²) in [4.78, 5) is 2.23. The van der Waals surface area contributed by atoms with E-state index >= 15 is 0 Å². The fourth-order valence-corrected chi connectivity index (χ4v) is 9.60. The van der Waals surface area contributed by atoms with Gasteiger partial charge >= 0.3 is 0 Å². The molecule has 0 bridgehead atoms. The summed E-state index contributed by atoms with van der Waals surface area (Å²) in [6.07, 6.45) is 14.3. The van der Waals surface area contributed by atoms with E-state index in [-0.39, 0.29) is 7.92 Å². The zero-order valence-corrected chi connectivity index (χ0v) is 20.0. The lowest BCUT2D eigenvalue weighted by Crippen LogP contribution is -2.27. The van der Waals surface area contributed by atoms with Crippen molar-refractivity contribution in [2.75, 3.05) is 26.1 Å². The molecule has 0 spiro atoms. The molecule has 0 aliphatic heterocycles. The molecule has 0 aromatic heterocycles. The summed E-state index contributed by atoms with van der Waals surface area (Å²) in [6, 6.07) is 15.8. The average Bonchev–Trinajstić information content (AvgIpc) is 2.80. The molecule has 0 amide bonds. The third-order valence-corrected chi connectivity index (χ3v) is 10.6. The summed E-state index contributed by atoms with van der Waals surface area (Å²) in [6.45, 7) is 0. The van der Waals surface area contributed by atoms with E-state index in [4.69, 9.17) is 4.74 Å². The van der Waals surface area contributed by atoms with Crippen LogP contribution in [0.5, 0.6) is 5.75 Å². The molecule has 0 heterocycles. The molecule has 0 unspecified atom stereocenters. The molecular formula is C27H38NOP. The molecule has 0 radical (unpaired) electrons. The first kappa shape index (κ1) is 21.7. The van der Waals surface area contributed by atoms with Gasteiger partial charge in [-0.2, -0.15) is 0 Å². The third kappa shape index (κ3) is 4.54. The second-order valence-corrected chi connectivity index (χ2v) is 12.0. The highest BCUT2D eigenvalue weighted by Crippen LogP contribution is 2.57. The van der Waals surface area contributed by atoms with Crippen molar-refractivity contribution in [1.82, 2.24) is 0 Å². The van der Waals surface area contributed by atoms with E-state index in [1.165, 1.54) is 81.0 Å². The van der Waals surface area contributed by atoms with Gasteiger partial charge in [0.05, 0.1) is 7.11 Å². The number of benzene rings is 2. The summed E-state index contributed by atoms with van der Waals surface area (Å²) in [5, 5.41) is 1.64. The highest BCUT2D eigenvalue weighted by Gasteiger charge is 2.34. The van der Waals surface area contributed by atoms with Crippen LogP contribution in [-0.2, 0) is 0 Å². The first-order valence-electron chi connectivity index (χ1n) is 11.9. The number of hydrogen-bond donors (Lipinski definition) is 0. The lowest BCUT2D eigenvalue weighted by Gasteiger charge is -2.40. The van der Waals surface area contributed by atoms with E-state index in [9.17, 15) is 0 Å². The van der Waals surface area contributed by atoms with Crippen molar-refractivity contribution in [2.45, 2.75) is 75.5 Å². The second-order valence-electron chi connectivity index (χ2n) is 9.26. The van der Waals surface area contributed by atoms with Gasteiger partial charge in [0.1, 0.15) is 5.75 Å². The van der Waals surface area contributed by atoms with Crippen molar-refractivity contribution < 1.29 is 4.74 Å². The molecular weight excluding hydrogens is 385 g/mol. The van der Waals surface area contributed by atoms with Gasteiger partial charge in [0.2, 0.25) is 0 Å². The molecule has 3 heteroatoms. The first-order valence-corrected chi connectivity index (χ1v) is 13.4. The summed E-state index contributed by atoms with van der Waals surface area (Å²) < 4.78 is 5.90. The zero-order valence-electron chi connectivity index (χ0n) is 19.1. The second kappa shape index (κ2) is 10.2. The molecule has 2 aromatic rings. The molecule has 0 N–H and O–H groups in total. The fourth-order valence-electron chi connectivity index (χ4n) is 5.65. The largest absolute Gasteiger partial charge is 0.496 e. The average molecular weight is 424 g/mol. The Morgan fingerprint density at radius 2 is 1.37 bits per heavy atom. The van der Waals surface area contributed by atoms with Crippen LogP contribution in [0.2, 0.25) is 0 Å². The Kier molecular flexibility index (Phi) is 7.37. The molecule has 2 aromatic carbocycles. The predicted octanol–water partition coefficient (Wildman–Crippen LogP) is 7.20. The molecule has 0 saturated heterocycles. The maximum Gasteiger partial charge on any atom is 0.128 e. The molecule has 2 aliphatic carbocycles. The lowest BCUT2D eigenvalue weighted by atomic mass is 9.99. The van der Waals surface area contributed by atoms with Gasteiger partial charge in [-0.05, 0) is 60.0 Å². The van der Waals surface area contributed by atoms with E-state index < -0.39 is 0 Å². The van der Waals surface area contributed by atoms with Gasteiger partial charge in [0.15, 0.2) is 0 Å². The molecule has 162 valence electrons. The van der Waals surface area contributed by atoms with Crippen molar-refractivity contribution in [3.8, 4) is 16.9 Å². The van der Waals surface area contributed by atoms with Crippen LogP contribution in [0.1, 0.15) is 64.2 Å². The SMILES string of the molecule is COc1cccc(N(C)C)c1-c1ccccc1P(C1CCCCC1)C1CCCCC1. The molecule has 0 atom stereocenters. The Morgan fingerprint density at radius 1 is 0.767 bits per heavy atom. The van der Waals surface area contributed by atoms with Crippen LogP contribution < -0.4 is 14.9 Å².